The van der Waals surface area contributed by atoms with E-state index >= 15 is 0 Å². The molecule has 15 N–H and O–H groups in total. The van der Waals surface area contributed by atoms with Crippen LogP contribution in [0.1, 0.15) is 170 Å². The molecule has 8 aliphatic rings. The average molecular weight is 1780 g/mol. The van der Waals surface area contributed by atoms with Gasteiger partial charge in [0.1, 0.15) is 133 Å². The van der Waals surface area contributed by atoms with E-state index in [-0.39, 0.29) is 121 Å². The highest BCUT2D eigenvalue weighted by Gasteiger charge is 2.38. The lowest BCUT2D eigenvalue weighted by molar-refractivity contribution is -0.119. The van der Waals surface area contributed by atoms with Crippen molar-refractivity contribution in [1.82, 2.24) is 4.90 Å². The number of aliphatic hydroxyl groups is 1. The van der Waals surface area contributed by atoms with Crippen LogP contribution in [0, 0.1) is 12.8 Å². The van der Waals surface area contributed by atoms with Gasteiger partial charge in [0.2, 0.25) is 0 Å². The zero-order chi connectivity index (χ0) is 93.3. The monoisotopic (exact) mass is 1780 g/mol. The van der Waals surface area contributed by atoms with Gasteiger partial charge in [-0.3, -0.25) is 4.79 Å². The van der Waals surface area contributed by atoms with Crippen molar-refractivity contribution in [2.75, 3.05) is 60.3 Å². The van der Waals surface area contributed by atoms with Gasteiger partial charge in [-0.15, -0.1) is 0 Å². The summed E-state index contributed by atoms with van der Waals surface area (Å²) in [5.74, 6) is -4.61. The lowest BCUT2D eigenvalue weighted by Gasteiger charge is -2.24. The number of aromatic carboxylic acids is 7. The van der Waals surface area contributed by atoms with Gasteiger partial charge in [-0.05, 0) is 237 Å². The number of ether oxygens (including phenoxy) is 6. The van der Waals surface area contributed by atoms with Crippen LogP contribution in [0.25, 0.3) is 0 Å². The normalized spacial score (nSPS) is 14.6. The second-order valence-corrected chi connectivity index (χ2v) is 30.7. The van der Waals surface area contributed by atoms with Crippen molar-refractivity contribution in [3.8, 4) is 74.7 Å². The van der Waals surface area contributed by atoms with Crippen molar-refractivity contribution in [3.05, 3.63) is 168 Å². The summed E-state index contributed by atoms with van der Waals surface area (Å²) in [6.07, 6.45) is 10.5. The molecule has 1 unspecified atom stereocenters. The Labute approximate surface area is 739 Å². The Bertz CT molecular complexity index is 5110. The Morgan fingerprint density at radius 1 is 0.375 bits per heavy atom. The lowest BCUT2D eigenvalue weighted by atomic mass is 9.78. The van der Waals surface area contributed by atoms with E-state index in [0.29, 0.717) is 157 Å². The molecule has 1 aliphatic carbocycles. The summed E-state index contributed by atoms with van der Waals surface area (Å²) < 4.78 is 69.1. The molecule has 1 saturated carbocycles. The summed E-state index contributed by atoms with van der Waals surface area (Å²) in [6, 6.07) is 23.9. The van der Waals surface area contributed by atoms with E-state index in [4.69, 9.17) is 71.2 Å². The Morgan fingerprint density at radius 3 is 0.906 bits per heavy atom. The van der Waals surface area contributed by atoms with Gasteiger partial charge in [-0.1, -0.05) is 62.4 Å². The van der Waals surface area contributed by atoms with Crippen LogP contribution >= 0.6 is 0 Å². The van der Waals surface area contributed by atoms with Crippen LogP contribution in [0.4, 0.5) is 0 Å². The molecule has 7 aliphatic heterocycles. The minimum atomic E-state index is -1.22. The highest BCUT2D eigenvalue weighted by Crippen LogP contribution is 2.44. The smallest absolute Gasteiger partial charge is 0.522 e. The molecule has 7 heterocycles. The number of carboxylic acid groups (broad SMARTS) is 7. The van der Waals surface area contributed by atoms with E-state index in [1.165, 1.54) is 13.0 Å². The summed E-state index contributed by atoms with van der Waals surface area (Å²) in [5, 5.41) is 140. The van der Waals surface area contributed by atoms with Crippen LogP contribution in [0.5, 0.6) is 74.7 Å². The van der Waals surface area contributed by atoms with E-state index in [2.05, 4.69) is 0 Å². The van der Waals surface area contributed by atoms with Crippen LogP contribution in [-0.2, 0) is 49.7 Å². The third-order valence-electron chi connectivity index (χ3n) is 20.7. The third kappa shape index (κ3) is 27.0. The summed E-state index contributed by atoms with van der Waals surface area (Å²) in [5.41, 5.74) is 6.01. The molecule has 37 nitrogen and oxygen atoms in total. The van der Waals surface area contributed by atoms with Crippen LogP contribution in [0.3, 0.4) is 0 Å². The number of fused-ring (bicyclic) bond motifs is 7. The fourth-order valence-corrected chi connectivity index (χ4v) is 14.0. The van der Waals surface area contributed by atoms with E-state index in [1.54, 1.807) is 80.6 Å². The van der Waals surface area contributed by atoms with Gasteiger partial charge in [-0.25, -0.2) is 33.6 Å². The van der Waals surface area contributed by atoms with Crippen molar-refractivity contribution in [2.24, 2.45) is 5.92 Å². The zero-order valence-electron chi connectivity index (χ0n) is 71.7. The van der Waals surface area contributed by atoms with E-state index < -0.39 is 97.7 Å². The predicted octanol–water partition coefficient (Wildman–Crippen LogP) is 7.94. The van der Waals surface area contributed by atoms with Crippen LogP contribution < -0.4 is 61.0 Å². The van der Waals surface area contributed by atoms with Gasteiger partial charge in [0.05, 0.1) is 26.4 Å². The number of ketones is 1. The fourth-order valence-electron chi connectivity index (χ4n) is 14.0. The number of hydrogen-bond acceptors (Lipinski definition) is 30. The van der Waals surface area contributed by atoms with Crippen molar-refractivity contribution < 1.29 is 175 Å². The standard InChI is InChI=1S/C13H18BNO5.C13H17BO6.C13H15BO5.C12H13BO6.C12H15BO5.C11H13BO5.C10H11BO4/c1-15(2)7-8-19-10-4-3-9-5-6-14(18)20-12(9)11(10)13(16)17;1-2-9(7-15)19-10-4-3-8-5-6-14(18)20-12(8)11(10)13(16)17;15-13(16)11-10(18-7-8-1-2-8)4-3-9-5-6-14(17)19-12(9)11;1-7(14)6-18-9-3-2-8-4-5-13(17)19-11(8)10(9)12(15)16;1-2-7-17-9-4-3-8-5-6-13(16)18-11(8)10(9)12(14)15;1-2-16-8-4-3-7-5-6-12(15)17-10(7)9(8)11(13)14;1-6-2-3-7-4-5-11(14)15-9(7)8(6)10(12)13/h3-4,18H,5-8H2,1-2H3,(H,16,17);3-4,9,15,18H,2,5-7H2,1H3,(H,16,17);3-4,8,17H,1-2,5-7H2,(H,15,16);2-3,17H,4-6H2,1H3,(H,15,16);3-4,16H,2,5-7H2,1H3,(H,14,15);3-4,15H,2,5-6H2,1H3,(H,13,14);2-3,14H,4-5H2,1H3,(H,12,13). The average Bonchev–Trinajstić information content (AvgIpc) is 1.14. The zero-order valence-corrected chi connectivity index (χ0v) is 71.7. The number of hydrogen-bond donors (Lipinski definition) is 15. The second kappa shape index (κ2) is 47.2. The molecule has 0 saturated heterocycles. The molecule has 15 rings (SSSR count). The summed E-state index contributed by atoms with van der Waals surface area (Å²) >= 11 is 0. The first kappa shape index (κ1) is 99.8. The molecule has 680 valence electrons. The van der Waals surface area contributed by atoms with Gasteiger partial charge >= 0.3 is 91.6 Å². The first-order valence-electron chi connectivity index (χ1n) is 41.7. The Hall–Kier alpha value is -12.0. The fraction of sp³-hybridized carbons (Fsp3) is 0.405. The summed E-state index contributed by atoms with van der Waals surface area (Å²) in [7, 11) is -2.89. The minimum Gasteiger partial charge on any atom is -0.535 e. The number of likely N-dealkylation sites (N-methyl/N-ethyl adjacent to an activating group) is 1. The molecule has 128 heavy (non-hydrogen) atoms. The maximum absolute atomic E-state index is 11.5. The topological polar surface area (TPSA) is 563 Å². The number of carbonyl (C=O) groups excluding carboxylic acids is 1. The van der Waals surface area contributed by atoms with Crippen molar-refractivity contribution in [2.45, 2.75) is 156 Å². The Balaban J connectivity index is 0.000000169. The second-order valence-electron chi connectivity index (χ2n) is 30.7. The number of rotatable bonds is 26. The highest BCUT2D eigenvalue weighted by molar-refractivity contribution is 6.47. The van der Waals surface area contributed by atoms with E-state index in [9.17, 15) is 104 Å². The number of nitrogens with zero attached hydrogens (tertiary/aromatic N) is 1. The van der Waals surface area contributed by atoms with Gasteiger partial charge in [0.25, 0.3) is 0 Å². The summed E-state index contributed by atoms with van der Waals surface area (Å²) in [4.78, 5) is 92.1. The molecule has 0 bridgehead atoms. The van der Waals surface area contributed by atoms with Crippen molar-refractivity contribution in [3.63, 3.8) is 0 Å². The van der Waals surface area contributed by atoms with Crippen molar-refractivity contribution in [1.29, 1.82) is 0 Å². The van der Waals surface area contributed by atoms with Gasteiger partial charge in [0, 0.05) is 6.54 Å². The predicted molar refractivity (Wildman–Crippen MR) is 466 cm³/mol. The number of carboxylic acids is 7. The van der Waals surface area contributed by atoms with Crippen molar-refractivity contribution >= 4 is 97.4 Å². The molecule has 44 heteroatoms. The van der Waals surface area contributed by atoms with Crippen LogP contribution in [0.2, 0.25) is 44.2 Å². The number of Topliss-reactive ketones (excluding diaryl/α,β-unsaturated/α-hetero) is 1. The molecule has 1 fully saturated rings. The van der Waals surface area contributed by atoms with Gasteiger partial charge in [0.15, 0.2) is 5.78 Å². The van der Waals surface area contributed by atoms with Crippen LogP contribution in [-0.4, -0.2) is 245 Å². The lowest BCUT2D eigenvalue weighted by Crippen LogP contribution is -2.28. The first-order valence-corrected chi connectivity index (χ1v) is 41.7. The molecule has 7 aromatic rings. The number of benzene rings is 7. The highest BCUT2D eigenvalue weighted by atomic mass is 16.6. The quantitative estimate of drug-likeness (QED) is 0.0229. The molecule has 7 aromatic carbocycles. The Kier molecular flexibility index (Phi) is 36.8. The van der Waals surface area contributed by atoms with Gasteiger partial charge in [-0.2, -0.15) is 0 Å². The molecule has 0 amide bonds. The molecular weight excluding hydrogens is 1670 g/mol. The molecule has 1 atom stereocenters. The number of carbonyl (C=O) groups is 8. The van der Waals surface area contributed by atoms with Gasteiger partial charge < -0.3 is 142 Å². The molecule has 0 spiro atoms. The third-order valence-corrected chi connectivity index (χ3v) is 20.7. The maximum atomic E-state index is 11.5. The van der Waals surface area contributed by atoms with E-state index in [0.717, 1.165) is 52.6 Å². The molecule has 0 aromatic heterocycles. The number of aliphatic hydroxyl groups excluding tert-OH is 1. The SMILES string of the molecule is CC(=O)COc1ccc2c(c1C(=O)O)OB(O)CC2.CCC(CO)Oc1ccc2c(c1C(=O)O)OB(O)CC2.CCCOc1ccc2c(c1C(=O)O)OB(O)CC2.CCOc1ccc2c(c1C(=O)O)OB(O)CC2.CN(C)CCOc1ccc2c(c1C(=O)O)OB(O)CC2.Cc1ccc2c(c1C(=O)O)OB(O)CC2.O=C(O)c1c(OCC2CC2)ccc2c1OB(O)CC2. The summed E-state index contributed by atoms with van der Waals surface area (Å²) in [6.45, 7) is 10.6. The minimum absolute atomic E-state index is 0.000278. The first-order chi connectivity index (χ1) is 61.0. The maximum Gasteiger partial charge on any atom is 0.522 e. The largest absolute Gasteiger partial charge is 0.535 e. The molecular formula is C84H102B7NO36. The van der Waals surface area contributed by atoms with Crippen LogP contribution in [0.15, 0.2) is 84.9 Å². The van der Waals surface area contributed by atoms with E-state index in [1.807, 2.05) is 45.0 Å². The Morgan fingerprint density at radius 2 is 0.641 bits per heavy atom. The number of aryl methyl sites for hydroxylation is 8. The molecule has 0 radical (unpaired) electrons.